The molecular weight excluding hydrogens is 226 g/mol. The Labute approximate surface area is 113 Å². The van der Waals surface area contributed by atoms with Crippen LogP contribution in [0.4, 0.5) is 0 Å². The van der Waals surface area contributed by atoms with Gasteiger partial charge in [-0.1, -0.05) is 20.8 Å². The maximum atomic E-state index is 10.3. The smallest absolute Gasteiger partial charge is 0.0695 e. The van der Waals surface area contributed by atoms with E-state index in [0.717, 1.165) is 25.9 Å². The summed E-state index contributed by atoms with van der Waals surface area (Å²) in [6, 6.07) is 0.626. The van der Waals surface area contributed by atoms with Crippen molar-refractivity contribution in [1.29, 1.82) is 0 Å². The van der Waals surface area contributed by atoms with Crippen molar-refractivity contribution in [2.45, 2.75) is 65.1 Å². The topological polar surface area (TPSA) is 32.7 Å². The maximum absolute atomic E-state index is 10.3. The van der Waals surface area contributed by atoms with Crippen molar-refractivity contribution in [2.24, 2.45) is 11.3 Å². The van der Waals surface area contributed by atoms with Gasteiger partial charge in [-0.15, -0.1) is 0 Å². The standard InChI is InChI=1S/C15H31NO2/c1-11(10-18-6)16(5)13-9-12(15(2,3)4)7-8-14(13)17/h11-14,17H,7-10H2,1-6H3. The summed E-state index contributed by atoms with van der Waals surface area (Å²) in [5.41, 5.74) is 0.337. The molecule has 1 aliphatic rings. The van der Waals surface area contributed by atoms with Crippen LogP contribution in [0.25, 0.3) is 0 Å². The third-order valence-corrected chi connectivity index (χ3v) is 4.63. The van der Waals surface area contributed by atoms with E-state index in [0.29, 0.717) is 17.4 Å². The summed E-state index contributed by atoms with van der Waals surface area (Å²) < 4.78 is 5.22. The molecule has 1 rings (SSSR count). The first-order valence-electron chi connectivity index (χ1n) is 7.16. The lowest BCUT2D eigenvalue weighted by Gasteiger charge is -2.45. The minimum atomic E-state index is -0.187. The van der Waals surface area contributed by atoms with E-state index in [9.17, 15) is 5.11 Å². The molecule has 108 valence electrons. The van der Waals surface area contributed by atoms with Gasteiger partial charge in [0.25, 0.3) is 0 Å². The van der Waals surface area contributed by atoms with Gasteiger partial charge in [-0.05, 0) is 44.6 Å². The van der Waals surface area contributed by atoms with Crippen LogP contribution in [0.5, 0.6) is 0 Å². The molecule has 0 spiro atoms. The molecule has 3 nitrogen and oxygen atoms in total. The van der Waals surface area contributed by atoms with Gasteiger partial charge in [-0.2, -0.15) is 0 Å². The van der Waals surface area contributed by atoms with E-state index < -0.39 is 0 Å². The molecule has 0 aromatic rings. The zero-order valence-electron chi connectivity index (χ0n) is 12.9. The first-order chi connectivity index (χ1) is 8.27. The van der Waals surface area contributed by atoms with Crippen LogP contribution in [-0.2, 0) is 4.74 Å². The van der Waals surface area contributed by atoms with E-state index in [2.05, 4.69) is 39.6 Å². The van der Waals surface area contributed by atoms with Gasteiger partial charge in [-0.3, -0.25) is 4.90 Å². The van der Waals surface area contributed by atoms with Gasteiger partial charge in [0, 0.05) is 19.2 Å². The average Bonchev–Trinajstić information content (AvgIpc) is 2.27. The Morgan fingerprint density at radius 2 is 1.94 bits per heavy atom. The highest BCUT2D eigenvalue weighted by Crippen LogP contribution is 2.39. The fourth-order valence-corrected chi connectivity index (χ4v) is 3.04. The number of rotatable bonds is 4. The van der Waals surface area contributed by atoms with Gasteiger partial charge in [-0.25, -0.2) is 0 Å². The summed E-state index contributed by atoms with van der Waals surface area (Å²) in [6.07, 6.45) is 2.98. The van der Waals surface area contributed by atoms with Gasteiger partial charge in [0.1, 0.15) is 0 Å². The van der Waals surface area contributed by atoms with Crippen LogP contribution in [0, 0.1) is 11.3 Å². The minimum absolute atomic E-state index is 0.187. The lowest BCUT2D eigenvalue weighted by molar-refractivity contribution is -0.0306. The lowest BCUT2D eigenvalue weighted by Crippen LogP contribution is -2.51. The Morgan fingerprint density at radius 3 is 2.44 bits per heavy atom. The van der Waals surface area contributed by atoms with Crippen molar-refractivity contribution >= 4 is 0 Å². The van der Waals surface area contributed by atoms with Gasteiger partial charge < -0.3 is 9.84 Å². The van der Waals surface area contributed by atoms with Crippen LogP contribution in [0.1, 0.15) is 47.0 Å². The highest BCUT2D eigenvalue weighted by Gasteiger charge is 2.37. The Hall–Kier alpha value is -0.120. The number of methoxy groups -OCH3 is 1. The number of hydrogen-bond acceptors (Lipinski definition) is 3. The van der Waals surface area contributed by atoms with Gasteiger partial charge in [0.15, 0.2) is 0 Å². The molecule has 1 saturated carbocycles. The summed E-state index contributed by atoms with van der Waals surface area (Å²) in [5, 5.41) is 10.3. The summed E-state index contributed by atoms with van der Waals surface area (Å²) in [4.78, 5) is 2.30. The molecule has 1 N–H and O–H groups in total. The van der Waals surface area contributed by atoms with Gasteiger partial charge in [0.2, 0.25) is 0 Å². The van der Waals surface area contributed by atoms with E-state index in [1.807, 2.05) is 0 Å². The van der Waals surface area contributed by atoms with Crippen molar-refractivity contribution in [1.82, 2.24) is 4.90 Å². The van der Waals surface area contributed by atoms with Crippen molar-refractivity contribution < 1.29 is 9.84 Å². The lowest BCUT2D eigenvalue weighted by atomic mass is 9.70. The average molecular weight is 257 g/mol. The van der Waals surface area contributed by atoms with Crippen LogP contribution in [0.15, 0.2) is 0 Å². The largest absolute Gasteiger partial charge is 0.391 e. The molecule has 0 aromatic carbocycles. The van der Waals surface area contributed by atoms with E-state index in [-0.39, 0.29) is 12.1 Å². The van der Waals surface area contributed by atoms with Crippen LogP contribution < -0.4 is 0 Å². The quantitative estimate of drug-likeness (QED) is 0.840. The van der Waals surface area contributed by atoms with E-state index in [1.54, 1.807) is 7.11 Å². The van der Waals surface area contributed by atoms with Crippen LogP contribution >= 0.6 is 0 Å². The number of ether oxygens (including phenoxy) is 1. The SMILES string of the molecule is COCC(C)N(C)C1CC(C(C)(C)C)CCC1O. The Kier molecular flexibility index (Phi) is 5.63. The Bertz CT molecular complexity index is 249. The molecule has 4 atom stereocenters. The molecule has 0 radical (unpaired) electrons. The molecule has 0 aromatic heterocycles. The maximum Gasteiger partial charge on any atom is 0.0695 e. The summed E-state index contributed by atoms with van der Waals surface area (Å²) >= 11 is 0. The second-order valence-electron chi connectivity index (χ2n) is 6.98. The predicted octanol–water partition coefficient (Wildman–Crippen LogP) is 2.53. The second kappa shape index (κ2) is 6.36. The number of nitrogens with zero attached hydrogens (tertiary/aromatic N) is 1. The van der Waals surface area contributed by atoms with E-state index in [4.69, 9.17) is 4.74 Å². The van der Waals surface area contributed by atoms with Crippen molar-refractivity contribution in [2.75, 3.05) is 20.8 Å². The highest BCUT2D eigenvalue weighted by atomic mass is 16.5. The monoisotopic (exact) mass is 257 g/mol. The predicted molar refractivity (Wildman–Crippen MR) is 75.7 cm³/mol. The van der Waals surface area contributed by atoms with E-state index >= 15 is 0 Å². The molecule has 1 aliphatic carbocycles. The Morgan fingerprint density at radius 1 is 1.33 bits per heavy atom. The Balaban J connectivity index is 2.67. The second-order valence-corrected chi connectivity index (χ2v) is 6.98. The minimum Gasteiger partial charge on any atom is -0.391 e. The van der Waals surface area contributed by atoms with Gasteiger partial charge in [0.05, 0.1) is 12.7 Å². The number of hydrogen-bond donors (Lipinski definition) is 1. The van der Waals surface area contributed by atoms with Crippen molar-refractivity contribution in [3.63, 3.8) is 0 Å². The molecule has 0 aliphatic heterocycles. The molecule has 4 unspecified atom stereocenters. The molecule has 0 heterocycles. The summed E-state index contributed by atoms with van der Waals surface area (Å²) in [5.74, 6) is 0.697. The van der Waals surface area contributed by atoms with Crippen LogP contribution in [0.2, 0.25) is 0 Å². The van der Waals surface area contributed by atoms with Crippen LogP contribution in [0.3, 0.4) is 0 Å². The normalized spacial score (nSPS) is 31.7. The molecule has 3 heteroatoms. The molecule has 1 fully saturated rings. The van der Waals surface area contributed by atoms with E-state index in [1.165, 1.54) is 0 Å². The number of aliphatic hydroxyl groups is 1. The summed E-state index contributed by atoms with van der Waals surface area (Å²) in [7, 11) is 3.85. The first-order valence-corrected chi connectivity index (χ1v) is 7.16. The molecule has 0 amide bonds. The van der Waals surface area contributed by atoms with Crippen molar-refractivity contribution in [3.05, 3.63) is 0 Å². The summed E-state index contributed by atoms with van der Waals surface area (Å²) in [6.45, 7) is 9.82. The third-order valence-electron chi connectivity index (χ3n) is 4.63. The number of aliphatic hydroxyl groups excluding tert-OH is 1. The molecule has 0 bridgehead atoms. The molecule has 18 heavy (non-hydrogen) atoms. The van der Waals surface area contributed by atoms with Gasteiger partial charge >= 0.3 is 0 Å². The number of likely N-dealkylation sites (N-methyl/N-ethyl adjacent to an activating group) is 1. The first kappa shape index (κ1) is 15.9. The zero-order valence-corrected chi connectivity index (χ0v) is 12.9. The van der Waals surface area contributed by atoms with Crippen molar-refractivity contribution in [3.8, 4) is 0 Å². The zero-order chi connectivity index (χ0) is 13.9. The highest BCUT2D eigenvalue weighted by molar-refractivity contribution is 4.91. The van der Waals surface area contributed by atoms with Crippen LogP contribution in [-0.4, -0.2) is 49.0 Å². The fraction of sp³-hybridized carbons (Fsp3) is 1.00. The third kappa shape index (κ3) is 3.94. The molecular formula is C15H31NO2. The molecule has 0 saturated heterocycles. The fourth-order valence-electron chi connectivity index (χ4n) is 3.04.